The topological polar surface area (TPSA) is 143 Å². The summed E-state index contributed by atoms with van der Waals surface area (Å²) in [6, 6.07) is 32.3. The van der Waals surface area contributed by atoms with Gasteiger partial charge in [0.2, 0.25) is 11.8 Å². The fourth-order valence-electron chi connectivity index (χ4n) is 6.83. The first kappa shape index (κ1) is 40.2. The Bertz CT molecular complexity index is 1870. The maximum absolute atomic E-state index is 13.7. The van der Waals surface area contributed by atoms with Crippen molar-refractivity contribution in [3.05, 3.63) is 157 Å². The van der Waals surface area contributed by atoms with Crippen molar-refractivity contribution in [2.75, 3.05) is 19.8 Å². The van der Waals surface area contributed by atoms with Gasteiger partial charge in [-0.2, -0.15) is 0 Å². The standard InChI is InChI=1S/C45H49N3O7/c1-3-5-25-40(48-45(53)55-29-39-37-23-14-12-21-35(37)36-22-13-15-24-38(36)39)44(52)54-30-41(32-19-10-7-11-20-32)47-43(51)33(16-4-2)27-42(50)46-34(28-49)26-31-17-8-6-9-18-31/h3-4,6-15,17-24,33-34,39-41,49H,1-2,5,16,25-30H2,(H,46,50)(H,47,51)(H,48,53)/t33-,34-,40+,41+/m1/s1. The maximum Gasteiger partial charge on any atom is 0.407 e. The van der Waals surface area contributed by atoms with Gasteiger partial charge in [0.05, 0.1) is 24.6 Å². The first-order valence-corrected chi connectivity index (χ1v) is 18.6. The third-order valence-electron chi connectivity index (χ3n) is 9.65. The van der Waals surface area contributed by atoms with E-state index in [9.17, 15) is 24.3 Å². The Morgan fingerprint density at radius 2 is 1.36 bits per heavy atom. The first-order valence-electron chi connectivity index (χ1n) is 18.6. The zero-order chi connectivity index (χ0) is 39.0. The normalized spacial score (nSPS) is 13.8. The third-order valence-corrected chi connectivity index (χ3v) is 9.65. The number of aliphatic hydroxyl groups is 1. The van der Waals surface area contributed by atoms with Crippen LogP contribution in [0.2, 0.25) is 0 Å². The van der Waals surface area contributed by atoms with Crippen molar-refractivity contribution in [1.29, 1.82) is 0 Å². The van der Waals surface area contributed by atoms with Crippen LogP contribution >= 0.6 is 0 Å². The van der Waals surface area contributed by atoms with Gasteiger partial charge in [-0.1, -0.05) is 121 Å². The molecule has 4 N–H and O–H groups in total. The monoisotopic (exact) mass is 743 g/mol. The molecule has 1 aliphatic rings. The van der Waals surface area contributed by atoms with E-state index in [-0.39, 0.29) is 50.9 Å². The smallest absolute Gasteiger partial charge is 0.407 e. The highest BCUT2D eigenvalue weighted by Gasteiger charge is 2.31. The molecule has 10 heteroatoms. The van der Waals surface area contributed by atoms with Gasteiger partial charge in [-0.25, -0.2) is 9.59 Å². The molecule has 0 aromatic heterocycles. The number of amides is 3. The summed E-state index contributed by atoms with van der Waals surface area (Å²) in [5.74, 6) is -2.42. The SMILES string of the molecule is C=CCC[C@H](NC(=O)OCC1c2ccccc2-c2ccccc21)C(=O)OC[C@H](NC(=O)[C@H](CC=C)CC(=O)N[C@@H](CO)Cc1ccccc1)c1ccccc1. The lowest BCUT2D eigenvalue weighted by molar-refractivity contribution is -0.147. The summed E-state index contributed by atoms with van der Waals surface area (Å²) in [6.07, 6.45) is 3.63. The predicted octanol–water partition coefficient (Wildman–Crippen LogP) is 6.56. The molecule has 0 saturated heterocycles. The first-order chi connectivity index (χ1) is 26.8. The number of nitrogens with one attached hydrogen (secondary N) is 3. The van der Waals surface area contributed by atoms with Crippen LogP contribution in [-0.2, 0) is 30.3 Å². The summed E-state index contributed by atoms with van der Waals surface area (Å²) in [5, 5.41) is 18.4. The molecule has 4 atom stereocenters. The molecule has 0 unspecified atom stereocenters. The van der Waals surface area contributed by atoms with Gasteiger partial charge in [0.25, 0.3) is 0 Å². The molecule has 0 radical (unpaired) electrons. The summed E-state index contributed by atoms with van der Waals surface area (Å²) >= 11 is 0. The average Bonchev–Trinajstić information content (AvgIpc) is 3.53. The Morgan fingerprint density at radius 3 is 1.98 bits per heavy atom. The quantitative estimate of drug-likeness (QED) is 0.0593. The number of alkyl carbamates (subject to hydrolysis) is 1. The number of hydrogen-bond acceptors (Lipinski definition) is 7. The second-order valence-corrected chi connectivity index (χ2v) is 13.6. The average molecular weight is 744 g/mol. The molecule has 10 nitrogen and oxygen atoms in total. The van der Waals surface area contributed by atoms with Gasteiger partial charge in [0.1, 0.15) is 19.3 Å². The molecule has 0 heterocycles. The number of benzene rings is 4. The van der Waals surface area contributed by atoms with Gasteiger partial charge in [-0.3, -0.25) is 9.59 Å². The minimum atomic E-state index is -1.03. The second-order valence-electron chi connectivity index (χ2n) is 13.6. The summed E-state index contributed by atoms with van der Waals surface area (Å²) in [4.78, 5) is 53.4. The van der Waals surface area contributed by atoms with E-state index in [1.807, 2.05) is 72.8 Å². The molecule has 0 saturated carbocycles. The number of hydrogen-bond donors (Lipinski definition) is 4. The van der Waals surface area contributed by atoms with Crippen molar-refractivity contribution in [2.24, 2.45) is 5.92 Å². The van der Waals surface area contributed by atoms with Crippen LogP contribution in [0.15, 0.2) is 135 Å². The fraction of sp³-hybridized carbons (Fsp3) is 0.289. The molecule has 5 rings (SSSR count). The molecule has 0 aliphatic heterocycles. The lowest BCUT2D eigenvalue weighted by Crippen LogP contribution is -2.44. The Kier molecular flexibility index (Phi) is 14.9. The number of aliphatic hydroxyl groups excluding tert-OH is 1. The van der Waals surface area contributed by atoms with Crippen LogP contribution in [0.4, 0.5) is 4.79 Å². The van der Waals surface area contributed by atoms with Crippen molar-refractivity contribution in [3.63, 3.8) is 0 Å². The van der Waals surface area contributed by atoms with Gasteiger partial charge < -0.3 is 30.5 Å². The van der Waals surface area contributed by atoms with Crippen molar-refractivity contribution >= 4 is 23.9 Å². The van der Waals surface area contributed by atoms with E-state index < -0.39 is 42.0 Å². The molecular formula is C45H49N3O7. The van der Waals surface area contributed by atoms with Gasteiger partial charge in [-0.05, 0) is 59.1 Å². The maximum atomic E-state index is 13.7. The summed E-state index contributed by atoms with van der Waals surface area (Å²) in [7, 11) is 0. The largest absolute Gasteiger partial charge is 0.462 e. The van der Waals surface area contributed by atoms with Gasteiger partial charge in [0.15, 0.2) is 0 Å². The highest BCUT2D eigenvalue weighted by atomic mass is 16.6. The van der Waals surface area contributed by atoms with Crippen molar-refractivity contribution in [1.82, 2.24) is 16.0 Å². The summed E-state index contributed by atoms with van der Waals surface area (Å²) in [6.45, 7) is 7.11. The van der Waals surface area contributed by atoms with Crippen LogP contribution in [0.25, 0.3) is 11.1 Å². The molecule has 55 heavy (non-hydrogen) atoms. The van der Waals surface area contributed by atoms with Crippen LogP contribution in [0.5, 0.6) is 0 Å². The summed E-state index contributed by atoms with van der Waals surface area (Å²) < 4.78 is 11.4. The molecule has 0 fully saturated rings. The number of carbonyl (C=O) groups excluding carboxylic acids is 4. The number of rotatable bonds is 20. The molecular weight excluding hydrogens is 695 g/mol. The van der Waals surface area contributed by atoms with Gasteiger partial charge >= 0.3 is 12.1 Å². The number of ether oxygens (including phenoxy) is 2. The summed E-state index contributed by atoms with van der Waals surface area (Å²) in [5.41, 5.74) is 5.99. The zero-order valence-electron chi connectivity index (χ0n) is 30.9. The van der Waals surface area contributed by atoms with Gasteiger partial charge in [0, 0.05) is 12.3 Å². The van der Waals surface area contributed by atoms with E-state index in [0.29, 0.717) is 18.4 Å². The Balaban J connectivity index is 1.20. The second kappa shape index (κ2) is 20.5. The lowest BCUT2D eigenvalue weighted by Gasteiger charge is -2.24. The number of fused-ring (bicyclic) bond motifs is 3. The fourth-order valence-corrected chi connectivity index (χ4v) is 6.83. The minimum absolute atomic E-state index is 0.0861. The number of esters is 1. The third kappa shape index (κ3) is 11.3. The van der Waals surface area contributed by atoms with E-state index in [1.165, 1.54) is 0 Å². The van der Waals surface area contributed by atoms with Crippen LogP contribution in [0, 0.1) is 5.92 Å². The molecule has 3 amide bonds. The molecule has 286 valence electrons. The van der Waals surface area contributed by atoms with Crippen LogP contribution in [0.1, 0.15) is 59.9 Å². The van der Waals surface area contributed by atoms with Crippen molar-refractivity contribution < 1.29 is 33.8 Å². The Morgan fingerprint density at radius 1 is 0.745 bits per heavy atom. The molecule has 1 aliphatic carbocycles. The van der Waals surface area contributed by atoms with E-state index in [4.69, 9.17) is 9.47 Å². The van der Waals surface area contributed by atoms with E-state index in [1.54, 1.807) is 36.4 Å². The predicted molar refractivity (Wildman–Crippen MR) is 212 cm³/mol. The zero-order valence-corrected chi connectivity index (χ0v) is 30.9. The molecule has 4 aromatic carbocycles. The van der Waals surface area contributed by atoms with Crippen molar-refractivity contribution in [2.45, 2.75) is 56.1 Å². The van der Waals surface area contributed by atoms with Crippen LogP contribution in [-0.4, -0.2) is 60.9 Å². The van der Waals surface area contributed by atoms with Crippen LogP contribution in [0.3, 0.4) is 0 Å². The minimum Gasteiger partial charge on any atom is -0.462 e. The number of allylic oxidation sites excluding steroid dienone is 2. The highest BCUT2D eigenvalue weighted by molar-refractivity contribution is 5.86. The van der Waals surface area contributed by atoms with Gasteiger partial charge in [-0.15, -0.1) is 13.2 Å². The number of carbonyl (C=O) groups is 4. The Hall–Kier alpha value is -6.00. The van der Waals surface area contributed by atoms with E-state index >= 15 is 0 Å². The molecule has 0 bridgehead atoms. The molecule has 0 spiro atoms. The highest BCUT2D eigenvalue weighted by Crippen LogP contribution is 2.44. The molecule has 4 aromatic rings. The van der Waals surface area contributed by atoms with E-state index in [0.717, 1.165) is 27.8 Å². The van der Waals surface area contributed by atoms with Crippen LogP contribution < -0.4 is 16.0 Å². The Labute approximate surface area is 322 Å². The lowest BCUT2D eigenvalue weighted by atomic mass is 9.97. The van der Waals surface area contributed by atoms with Crippen molar-refractivity contribution in [3.8, 4) is 11.1 Å². The van der Waals surface area contributed by atoms with E-state index in [2.05, 4.69) is 41.2 Å².